The van der Waals surface area contributed by atoms with Crippen LogP contribution in [0.2, 0.25) is 0 Å². The van der Waals surface area contributed by atoms with Crippen LogP contribution in [0.25, 0.3) is 27.7 Å². The number of anilines is 2. The van der Waals surface area contributed by atoms with Crippen molar-refractivity contribution in [3.63, 3.8) is 0 Å². The summed E-state index contributed by atoms with van der Waals surface area (Å²) in [5.41, 5.74) is 7.73. The molecular weight excluding hydrogens is 606 g/mol. The van der Waals surface area contributed by atoms with Gasteiger partial charge in [0.25, 0.3) is 0 Å². The zero-order valence-electron chi connectivity index (χ0n) is 26.7. The van der Waals surface area contributed by atoms with Crippen molar-refractivity contribution in [3.8, 4) is 18.4 Å². The molecule has 10 heteroatoms. The number of terminal acetylenes is 1. The summed E-state index contributed by atoms with van der Waals surface area (Å²) < 4.78 is 66.7. The number of nitrogens with two attached hydrogens (primary N) is 1. The molecule has 0 bridgehead atoms. The highest BCUT2D eigenvalue weighted by Crippen LogP contribution is 2.52. The third-order valence-electron chi connectivity index (χ3n) is 10.7. The molecule has 0 amide bonds. The minimum absolute atomic E-state index is 0.00414. The van der Waals surface area contributed by atoms with Gasteiger partial charge in [-0.05, 0) is 79.0 Å². The Morgan fingerprint density at radius 3 is 2.85 bits per heavy atom. The first-order valence-electron chi connectivity index (χ1n) is 16.4. The third kappa shape index (κ3) is 5.62. The Labute approximate surface area is 271 Å². The molecule has 2 aliphatic heterocycles. The third-order valence-corrected chi connectivity index (χ3v) is 10.7. The fourth-order valence-corrected chi connectivity index (χ4v) is 8.16. The number of halogens is 4. The second kappa shape index (κ2) is 11.9. The molecule has 7 rings (SSSR count). The van der Waals surface area contributed by atoms with E-state index in [1.165, 1.54) is 12.1 Å². The minimum atomic E-state index is -2.74. The summed E-state index contributed by atoms with van der Waals surface area (Å²) in [5, 5.41) is 4.97. The first-order chi connectivity index (χ1) is 22.5. The van der Waals surface area contributed by atoms with Crippen molar-refractivity contribution in [1.29, 1.82) is 0 Å². The number of nitrogens with zero attached hydrogens (tertiary/aromatic N) is 3. The van der Waals surface area contributed by atoms with Gasteiger partial charge in [-0.3, -0.25) is 0 Å². The molecule has 47 heavy (non-hydrogen) atoms. The summed E-state index contributed by atoms with van der Waals surface area (Å²) in [5.74, 6) is -0.451. The number of benzene rings is 2. The van der Waals surface area contributed by atoms with Crippen molar-refractivity contribution >= 4 is 39.3 Å². The summed E-state index contributed by atoms with van der Waals surface area (Å²) in [4.78, 5) is 11.8. The molecule has 3 unspecified atom stereocenters. The number of ether oxygens (including phenoxy) is 1. The lowest BCUT2D eigenvalue weighted by Gasteiger charge is -2.42. The number of hydrogen-bond acceptors (Lipinski definition) is 6. The van der Waals surface area contributed by atoms with E-state index in [2.05, 4.69) is 34.6 Å². The highest BCUT2D eigenvalue weighted by molar-refractivity contribution is 6.07. The molecule has 1 aromatic heterocycles. The van der Waals surface area contributed by atoms with Gasteiger partial charge in [0, 0.05) is 60.4 Å². The molecule has 0 spiro atoms. The Balaban J connectivity index is 1.44. The quantitative estimate of drug-likeness (QED) is 0.215. The van der Waals surface area contributed by atoms with Gasteiger partial charge < -0.3 is 20.7 Å². The summed E-state index contributed by atoms with van der Waals surface area (Å²) in [7, 11) is 0. The molecule has 3 aromatic rings. The van der Waals surface area contributed by atoms with E-state index >= 15 is 4.39 Å². The van der Waals surface area contributed by atoms with Gasteiger partial charge in [-0.2, -0.15) is 9.97 Å². The smallest absolute Gasteiger partial charge is 0.319 e. The second-order valence-electron chi connectivity index (χ2n) is 13.7. The summed E-state index contributed by atoms with van der Waals surface area (Å²) in [6, 6.07) is 6.05. The maximum atomic E-state index is 17.3. The van der Waals surface area contributed by atoms with Crippen molar-refractivity contribution in [2.24, 2.45) is 23.7 Å². The molecule has 3 heterocycles. The number of alkyl halides is 2. The van der Waals surface area contributed by atoms with Crippen LogP contribution in [0.3, 0.4) is 0 Å². The van der Waals surface area contributed by atoms with Crippen LogP contribution in [0.1, 0.15) is 57.1 Å². The maximum absolute atomic E-state index is 17.3. The molecule has 4 aliphatic rings. The van der Waals surface area contributed by atoms with Gasteiger partial charge in [-0.1, -0.05) is 31.1 Å². The van der Waals surface area contributed by atoms with Crippen LogP contribution in [-0.4, -0.2) is 48.2 Å². The number of rotatable bonds is 5. The van der Waals surface area contributed by atoms with Gasteiger partial charge >= 0.3 is 6.01 Å². The number of fused-ring (bicyclic) bond motifs is 5. The molecular formula is C37H39F4N5O. The van der Waals surface area contributed by atoms with Crippen LogP contribution in [0.15, 0.2) is 30.8 Å². The molecule has 246 valence electrons. The van der Waals surface area contributed by atoms with Gasteiger partial charge in [-0.25, -0.2) is 17.6 Å². The predicted molar refractivity (Wildman–Crippen MR) is 177 cm³/mol. The Morgan fingerprint density at radius 1 is 1.28 bits per heavy atom. The van der Waals surface area contributed by atoms with Crippen LogP contribution < -0.4 is 31.3 Å². The SMILES string of the molecule is C#Cc1c(F)ccc2cc(N)cc(C(=C)/C(F)=c3/nc(OCC4CCCC(F)(F)C4)nc4/c3=C(/C)C3CC3[C@@H](C)[C@@H]3CNCCN43)c12. The molecule has 3 fully saturated rings. The molecule has 0 radical (unpaired) electrons. The topological polar surface area (TPSA) is 76.3 Å². The zero-order chi connectivity index (χ0) is 33.2. The van der Waals surface area contributed by atoms with Gasteiger partial charge in [-0.15, -0.1) is 6.42 Å². The average Bonchev–Trinajstić information content (AvgIpc) is 3.85. The largest absolute Gasteiger partial charge is 0.463 e. The second-order valence-corrected chi connectivity index (χ2v) is 13.7. The van der Waals surface area contributed by atoms with E-state index in [9.17, 15) is 13.2 Å². The van der Waals surface area contributed by atoms with Gasteiger partial charge in [0.05, 0.1) is 12.2 Å². The van der Waals surface area contributed by atoms with E-state index in [4.69, 9.17) is 21.9 Å². The lowest BCUT2D eigenvalue weighted by atomic mass is 9.87. The Kier molecular flexibility index (Phi) is 7.94. The normalized spacial score (nSPS) is 28.2. The fourth-order valence-electron chi connectivity index (χ4n) is 8.16. The van der Waals surface area contributed by atoms with Crippen LogP contribution in [-0.2, 0) is 0 Å². The fraction of sp³-hybridized carbons (Fsp3) is 0.459. The lowest BCUT2D eigenvalue weighted by molar-refractivity contribution is -0.0590. The Bertz CT molecular complexity index is 1950. The van der Waals surface area contributed by atoms with E-state index in [0.717, 1.165) is 25.1 Å². The van der Waals surface area contributed by atoms with Crippen LogP contribution in [0.4, 0.5) is 29.1 Å². The monoisotopic (exact) mass is 645 g/mol. The van der Waals surface area contributed by atoms with E-state index < -0.39 is 17.6 Å². The van der Waals surface area contributed by atoms with Crippen LogP contribution >= 0.6 is 0 Å². The number of aromatic nitrogens is 2. The molecule has 5 atom stereocenters. The van der Waals surface area contributed by atoms with Crippen molar-refractivity contribution in [3.05, 3.63) is 58.4 Å². The van der Waals surface area contributed by atoms with E-state index in [1.54, 1.807) is 12.1 Å². The molecule has 3 N–H and O–H groups in total. The first kappa shape index (κ1) is 31.5. The average molecular weight is 646 g/mol. The summed E-state index contributed by atoms with van der Waals surface area (Å²) in [6.07, 6.45) is 7.32. The van der Waals surface area contributed by atoms with Gasteiger partial charge in [0.15, 0.2) is 5.83 Å². The van der Waals surface area contributed by atoms with Crippen molar-refractivity contribution in [1.82, 2.24) is 15.3 Å². The number of piperazine rings is 1. The van der Waals surface area contributed by atoms with E-state index in [0.29, 0.717) is 58.7 Å². The van der Waals surface area contributed by atoms with Crippen molar-refractivity contribution < 1.29 is 22.3 Å². The number of nitrogen functional groups attached to an aromatic ring is 1. The summed E-state index contributed by atoms with van der Waals surface area (Å²) in [6.45, 7) is 10.5. The van der Waals surface area contributed by atoms with E-state index in [-0.39, 0.29) is 65.4 Å². The zero-order valence-corrected chi connectivity index (χ0v) is 26.7. The maximum Gasteiger partial charge on any atom is 0.319 e. The van der Waals surface area contributed by atoms with Gasteiger partial charge in [0.1, 0.15) is 17.0 Å². The number of hydrogen-bond donors (Lipinski definition) is 2. The lowest BCUT2D eigenvalue weighted by Crippen LogP contribution is -2.58. The standard InChI is InChI=1S/C37H39F4N5O/c1-5-25-29(38)9-8-23-13-24(42)14-28(32(23)25)21(4)33(39)34-31-20(3)27-15-26(27)19(2)30-17-43-11-12-46(30)35(31)45-36(44-34)47-18-22-7-6-10-37(40,41)16-22/h1,8-9,13-14,19,22,26-27,30,43H,4,6-7,10-12,15-18,42H2,2-3H3/b31-20-,34-33-/t19-,22?,26?,27?,30+/m1/s1. The predicted octanol–water partition coefficient (Wildman–Crippen LogP) is 5.56. The number of allylic oxidation sites excluding steroid dienone is 1. The highest BCUT2D eigenvalue weighted by Gasteiger charge is 2.48. The summed E-state index contributed by atoms with van der Waals surface area (Å²) >= 11 is 0. The Hall–Kier alpha value is -4.10. The molecule has 2 saturated carbocycles. The molecule has 2 aromatic carbocycles. The van der Waals surface area contributed by atoms with Crippen LogP contribution in [0.5, 0.6) is 6.01 Å². The number of nitrogens with one attached hydrogen (secondary N) is 1. The minimum Gasteiger partial charge on any atom is -0.463 e. The highest BCUT2D eigenvalue weighted by atomic mass is 19.3. The van der Waals surface area contributed by atoms with Gasteiger partial charge in [0.2, 0.25) is 5.92 Å². The van der Waals surface area contributed by atoms with Crippen LogP contribution in [0, 0.1) is 41.8 Å². The van der Waals surface area contributed by atoms with Crippen molar-refractivity contribution in [2.45, 2.75) is 57.9 Å². The molecule has 6 nitrogen and oxygen atoms in total. The Morgan fingerprint density at radius 2 is 2.09 bits per heavy atom. The van der Waals surface area contributed by atoms with E-state index in [1.807, 2.05) is 6.92 Å². The molecule has 1 saturated heterocycles. The first-order valence-corrected chi connectivity index (χ1v) is 16.4. The van der Waals surface area contributed by atoms with Crippen molar-refractivity contribution in [2.75, 3.05) is 36.9 Å². The molecule has 2 aliphatic carbocycles.